The lowest BCUT2D eigenvalue weighted by Crippen LogP contribution is -2.03. The Bertz CT molecular complexity index is 384. The summed E-state index contributed by atoms with van der Waals surface area (Å²) < 4.78 is 4.87. The maximum Gasteiger partial charge on any atom is 0.340 e. The molecule has 1 aromatic heterocycles. The van der Waals surface area contributed by atoms with Crippen molar-refractivity contribution in [1.29, 1.82) is 5.26 Å². The van der Waals surface area contributed by atoms with Gasteiger partial charge < -0.3 is 4.74 Å². The Hall–Kier alpha value is -1.41. The van der Waals surface area contributed by atoms with E-state index in [9.17, 15) is 4.79 Å². The van der Waals surface area contributed by atoms with Gasteiger partial charge in [-0.3, -0.25) is 0 Å². The van der Waals surface area contributed by atoms with Crippen molar-refractivity contribution >= 4 is 21.9 Å². The van der Waals surface area contributed by atoms with Crippen LogP contribution in [0, 0.1) is 11.3 Å². The zero-order valence-electron chi connectivity index (χ0n) is 6.74. The van der Waals surface area contributed by atoms with Crippen molar-refractivity contribution in [3.05, 3.63) is 28.0 Å². The molecule has 1 aromatic rings. The third-order valence-corrected chi connectivity index (χ3v) is 2.01. The number of hydrogen-bond acceptors (Lipinski definition) is 4. The number of rotatable bonds is 1. The molecule has 0 aromatic carbocycles. The molecule has 0 fully saturated rings. The average Bonchev–Trinajstić information content (AvgIpc) is 2.17. The van der Waals surface area contributed by atoms with E-state index in [1.54, 1.807) is 0 Å². The van der Waals surface area contributed by atoms with Crippen LogP contribution >= 0.6 is 15.9 Å². The fourth-order valence-corrected chi connectivity index (χ4v) is 1.14. The third kappa shape index (κ3) is 2.04. The summed E-state index contributed by atoms with van der Waals surface area (Å²) in [6.45, 7) is 0. The van der Waals surface area contributed by atoms with Crippen LogP contribution in [0.2, 0.25) is 0 Å². The van der Waals surface area contributed by atoms with E-state index in [1.165, 1.54) is 19.4 Å². The molecule has 1 heterocycles. The number of carbonyl (C=O) groups excluding carboxylic acids is 1. The number of ether oxygens (including phenoxy) is 1. The quantitative estimate of drug-likeness (QED) is 0.552. The molecule has 0 saturated carbocycles. The molecule has 0 N–H and O–H groups in total. The van der Waals surface area contributed by atoms with Crippen LogP contribution in [-0.2, 0) is 4.74 Å². The van der Waals surface area contributed by atoms with E-state index in [0.29, 0.717) is 10.2 Å². The van der Waals surface area contributed by atoms with E-state index in [0.717, 1.165) is 0 Å². The second kappa shape index (κ2) is 4.01. The summed E-state index contributed by atoms with van der Waals surface area (Å²) in [5.74, 6) is -0.517. The van der Waals surface area contributed by atoms with Gasteiger partial charge in [0.25, 0.3) is 0 Å². The van der Waals surface area contributed by atoms with Gasteiger partial charge in [-0.2, -0.15) is 5.26 Å². The first kappa shape index (κ1) is 9.68. The minimum Gasteiger partial charge on any atom is -0.465 e. The summed E-state index contributed by atoms with van der Waals surface area (Å²) in [4.78, 5) is 14.9. The first-order chi connectivity index (χ1) is 6.19. The Morgan fingerprint density at radius 3 is 3.00 bits per heavy atom. The predicted octanol–water partition coefficient (Wildman–Crippen LogP) is 1.50. The molecular weight excluding hydrogens is 236 g/mol. The Balaban J connectivity index is 3.20. The predicted molar refractivity (Wildman–Crippen MR) is 48.0 cm³/mol. The van der Waals surface area contributed by atoms with Crippen molar-refractivity contribution in [2.24, 2.45) is 0 Å². The smallest absolute Gasteiger partial charge is 0.340 e. The van der Waals surface area contributed by atoms with Gasteiger partial charge in [-0.15, -0.1) is 0 Å². The molecular formula is C8H5BrN2O2. The molecule has 0 aliphatic heterocycles. The van der Waals surface area contributed by atoms with Crippen LogP contribution in [0.5, 0.6) is 0 Å². The Morgan fingerprint density at radius 2 is 2.46 bits per heavy atom. The molecule has 0 unspecified atom stereocenters. The van der Waals surface area contributed by atoms with Gasteiger partial charge in [-0.05, 0) is 22.0 Å². The average molecular weight is 241 g/mol. The molecule has 0 aliphatic rings. The van der Waals surface area contributed by atoms with E-state index in [4.69, 9.17) is 5.26 Å². The monoisotopic (exact) mass is 240 g/mol. The summed E-state index contributed by atoms with van der Waals surface area (Å²) in [5.41, 5.74) is 0.574. The van der Waals surface area contributed by atoms with Crippen LogP contribution in [-0.4, -0.2) is 18.1 Å². The van der Waals surface area contributed by atoms with Crippen molar-refractivity contribution in [2.75, 3.05) is 7.11 Å². The minimum atomic E-state index is -0.517. The third-order valence-electron chi connectivity index (χ3n) is 1.37. The van der Waals surface area contributed by atoms with Gasteiger partial charge in [0.15, 0.2) is 0 Å². The van der Waals surface area contributed by atoms with Gasteiger partial charge in [0.2, 0.25) is 0 Å². The number of methoxy groups -OCH3 is 1. The van der Waals surface area contributed by atoms with Gasteiger partial charge in [0, 0.05) is 6.20 Å². The normalized spacial score (nSPS) is 9.00. The highest BCUT2D eigenvalue weighted by atomic mass is 79.9. The van der Waals surface area contributed by atoms with E-state index in [2.05, 4.69) is 25.7 Å². The number of pyridine rings is 1. The summed E-state index contributed by atoms with van der Waals surface area (Å²) in [7, 11) is 1.27. The number of carbonyl (C=O) groups is 1. The number of aromatic nitrogens is 1. The molecule has 4 nitrogen and oxygen atoms in total. The fourth-order valence-electron chi connectivity index (χ4n) is 0.762. The fraction of sp³-hybridized carbons (Fsp3) is 0.125. The molecule has 0 atom stereocenters. The highest BCUT2D eigenvalue weighted by molar-refractivity contribution is 9.10. The van der Waals surface area contributed by atoms with Crippen molar-refractivity contribution in [3.8, 4) is 6.07 Å². The second-order valence-corrected chi connectivity index (χ2v) is 2.92. The maximum atomic E-state index is 11.1. The first-order valence-corrected chi connectivity index (χ1v) is 4.12. The first-order valence-electron chi connectivity index (χ1n) is 3.33. The largest absolute Gasteiger partial charge is 0.465 e. The topological polar surface area (TPSA) is 63.0 Å². The van der Waals surface area contributed by atoms with E-state index in [1.807, 2.05) is 6.07 Å². The molecule has 0 radical (unpaired) electrons. The number of hydrogen-bond donors (Lipinski definition) is 0. The SMILES string of the molecule is COC(=O)c1cc(C#N)cnc1Br. The molecule has 13 heavy (non-hydrogen) atoms. The lowest BCUT2D eigenvalue weighted by atomic mass is 10.2. The van der Waals surface area contributed by atoms with Crippen molar-refractivity contribution < 1.29 is 9.53 Å². The number of halogens is 1. The van der Waals surface area contributed by atoms with E-state index in [-0.39, 0.29) is 5.56 Å². The molecule has 0 bridgehead atoms. The zero-order chi connectivity index (χ0) is 9.84. The summed E-state index contributed by atoms with van der Waals surface area (Å²) in [6.07, 6.45) is 1.37. The minimum absolute atomic E-state index is 0.251. The Labute approximate surface area is 83.3 Å². The van der Waals surface area contributed by atoms with Crippen LogP contribution < -0.4 is 0 Å². The number of esters is 1. The maximum absolute atomic E-state index is 11.1. The van der Waals surface area contributed by atoms with Crippen molar-refractivity contribution in [2.45, 2.75) is 0 Å². The highest BCUT2D eigenvalue weighted by Gasteiger charge is 2.11. The second-order valence-electron chi connectivity index (χ2n) is 2.17. The van der Waals surface area contributed by atoms with Crippen LogP contribution in [0.1, 0.15) is 15.9 Å². The lowest BCUT2D eigenvalue weighted by Gasteiger charge is -2.00. The zero-order valence-corrected chi connectivity index (χ0v) is 8.33. The lowest BCUT2D eigenvalue weighted by molar-refractivity contribution is 0.0599. The summed E-state index contributed by atoms with van der Waals surface area (Å²) in [6, 6.07) is 3.30. The Kier molecular flexibility index (Phi) is 2.98. The molecule has 66 valence electrons. The standard InChI is InChI=1S/C8H5BrN2O2/c1-13-8(12)6-2-5(3-10)4-11-7(6)9/h2,4H,1H3. The number of nitrogens with zero attached hydrogens (tertiary/aromatic N) is 2. The van der Waals surface area contributed by atoms with Gasteiger partial charge in [-0.25, -0.2) is 9.78 Å². The van der Waals surface area contributed by atoms with Gasteiger partial charge in [0.1, 0.15) is 10.7 Å². The van der Waals surface area contributed by atoms with Gasteiger partial charge in [0.05, 0.1) is 18.2 Å². The van der Waals surface area contributed by atoms with E-state index >= 15 is 0 Å². The molecule has 1 rings (SSSR count). The van der Waals surface area contributed by atoms with Crippen molar-refractivity contribution in [3.63, 3.8) is 0 Å². The molecule has 0 spiro atoms. The van der Waals surface area contributed by atoms with Crippen LogP contribution in [0.3, 0.4) is 0 Å². The van der Waals surface area contributed by atoms with Gasteiger partial charge in [-0.1, -0.05) is 0 Å². The molecule has 0 aliphatic carbocycles. The molecule has 5 heteroatoms. The van der Waals surface area contributed by atoms with Crippen LogP contribution in [0.4, 0.5) is 0 Å². The van der Waals surface area contributed by atoms with Crippen molar-refractivity contribution in [1.82, 2.24) is 4.98 Å². The summed E-state index contributed by atoms with van der Waals surface area (Å²) in [5, 5.41) is 8.55. The Morgan fingerprint density at radius 1 is 1.77 bits per heavy atom. The highest BCUT2D eigenvalue weighted by Crippen LogP contribution is 2.15. The van der Waals surface area contributed by atoms with Crippen LogP contribution in [0.25, 0.3) is 0 Å². The van der Waals surface area contributed by atoms with Gasteiger partial charge >= 0.3 is 5.97 Å². The van der Waals surface area contributed by atoms with E-state index < -0.39 is 5.97 Å². The molecule has 0 saturated heterocycles. The van der Waals surface area contributed by atoms with Crippen LogP contribution in [0.15, 0.2) is 16.9 Å². The summed E-state index contributed by atoms with van der Waals surface area (Å²) >= 11 is 3.08. The number of nitriles is 1. The molecule has 0 amide bonds.